The van der Waals surface area contributed by atoms with E-state index in [1.54, 1.807) is 20.3 Å². The third kappa shape index (κ3) is 1.50. The van der Waals surface area contributed by atoms with Crippen LogP contribution in [0.2, 0.25) is 0 Å². The smallest absolute Gasteiger partial charge is 0.190 e. The van der Waals surface area contributed by atoms with Crippen molar-refractivity contribution in [3.8, 4) is 22.6 Å². The average Bonchev–Trinajstić information content (AvgIpc) is 2.86. The van der Waals surface area contributed by atoms with Crippen molar-refractivity contribution in [1.82, 2.24) is 0 Å². The standard InChI is InChI=1S/C12H12O3/c1-7-11(12(7)13)9-6-8(14-2)4-5-10(9)15-3/h4-6H,1-3H3. The van der Waals surface area contributed by atoms with E-state index >= 15 is 0 Å². The highest BCUT2D eigenvalue weighted by molar-refractivity contribution is 5.81. The van der Waals surface area contributed by atoms with E-state index in [1.807, 2.05) is 19.1 Å². The number of ether oxygens (including phenoxy) is 2. The molecule has 2 aromatic rings. The summed E-state index contributed by atoms with van der Waals surface area (Å²) in [5, 5.41) is 0. The molecule has 15 heavy (non-hydrogen) atoms. The Morgan fingerprint density at radius 2 is 1.80 bits per heavy atom. The molecule has 0 fully saturated rings. The van der Waals surface area contributed by atoms with E-state index in [9.17, 15) is 4.79 Å². The van der Waals surface area contributed by atoms with Crippen LogP contribution in [0.5, 0.6) is 11.5 Å². The lowest BCUT2D eigenvalue weighted by atomic mass is 10.1. The van der Waals surface area contributed by atoms with Gasteiger partial charge < -0.3 is 9.47 Å². The molecule has 0 amide bonds. The van der Waals surface area contributed by atoms with Gasteiger partial charge in [-0.05, 0) is 25.1 Å². The number of hydrogen-bond donors (Lipinski definition) is 0. The minimum atomic E-state index is 0.113. The van der Waals surface area contributed by atoms with Crippen molar-refractivity contribution in [2.24, 2.45) is 0 Å². The van der Waals surface area contributed by atoms with Crippen LogP contribution in [0.4, 0.5) is 0 Å². The molecule has 2 rings (SSSR count). The van der Waals surface area contributed by atoms with Gasteiger partial charge in [-0.25, -0.2) is 0 Å². The van der Waals surface area contributed by atoms with Crippen LogP contribution < -0.4 is 14.9 Å². The lowest BCUT2D eigenvalue weighted by Crippen LogP contribution is -1.89. The van der Waals surface area contributed by atoms with Gasteiger partial charge in [0.1, 0.15) is 11.5 Å². The van der Waals surface area contributed by atoms with Crippen LogP contribution in [0.3, 0.4) is 0 Å². The lowest BCUT2D eigenvalue weighted by Gasteiger charge is -2.06. The van der Waals surface area contributed by atoms with E-state index in [0.29, 0.717) is 5.75 Å². The van der Waals surface area contributed by atoms with E-state index in [0.717, 1.165) is 22.4 Å². The van der Waals surface area contributed by atoms with Crippen LogP contribution in [0.1, 0.15) is 5.56 Å². The molecule has 0 aliphatic heterocycles. The first-order valence-corrected chi connectivity index (χ1v) is 4.67. The monoisotopic (exact) mass is 204 g/mol. The zero-order valence-electron chi connectivity index (χ0n) is 8.96. The van der Waals surface area contributed by atoms with Crippen LogP contribution in [0.25, 0.3) is 11.1 Å². The first-order valence-electron chi connectivity index (χ1n) is 4.67. The van der Waals surface area contributed by atoms with Crippen molar-refractivity contribution in [3.63, 3.8) is 0 Å². The zero-order chi connectivity index (χ0) is 11.0. The predicted octanol–water partition coefficient (Wildman–Crippen LogP) is 1.92. The second-order valence-corrected chi connectivity index (χ2v) is 3.40. The van der Waals surface area contributed by atoms with E-state index in [1.165, 1.54) is 0 Å². The maximum Gasteiger partial charge on any atom is 0.190 e. The largest absolute Gasteiger partial charge is 0.497 e. The first-order chi connectivity index (χ1) is 7.19. The topological polar surface area (TPSA) is 35.5 Å². The molecule has 0 saturated carbocycles. The summed E-state index contributed by atoms with van der Waals surface area (Å²) < 4.78 is 10.3. The van der Waals surface area contributed by atoms with Crippen molar-refractivity contribution in [2.45, 2.75) is 6.92 Å². The molecular weight excluding hydrogens is 192 g/mol. The Balaban J connectivity index is 2.53. The third-order valence-electron chi connectivity index (χ3n) is 2.56. The fourth-order valence-corrected chi connectivity index (χ4v) is 1.59. The average molecular weight is 204 g/mol. The second kappa shape index (κ2) is 3.42. The predicted molar refractivity (Wildman–Crippen MR) is 58.4 cm³/mol. The Morgan fingerprint density at radius 1 is 1.13 bits per heavy atom. The minimum Gasteiger partial charge on any atom is -0.497 e. The second-order valence-electron chi connectivity index (χ2n) is 3.40. The summed E-state index contributed by atoms with van der Waals surface area (Å²) in [6.07, 6.45) is 0. The Morgan fingerprint density at radius 3 is 2.27 bits per heavy atom. The molecule has 0 aliphatic rings. The van der Waals surface area contributed by atoms with Gasteiger partial charge in [-0.15, -0.1) is 0 Å². The van der Waals surface area contributed by atoms with Gasteiger partial charge >= 0.3 is 0 Å². The van der Waals surface area contributed by atoms with Gasteiger partial charge in [0.2, 0.25) is 0 Å². The zero-order valence-corrected chi connectivity index (χ0v) is 8.96. The van der Waals surface area contributed by atoms with Gasteiger partial charge in [-0.2, -0.15) is 0 Å². The maximum atomic E-state index is 11.3. The summed E-state index contributed by atoms with van der Waals surface area (Å²) in [6.45, 7) is 1.82. The molecule has 3 nitrogen and oxygen atoms in total. The third-order valence-corrected chi connectivity index (χ3v) is 2.56. The number of rotatable bonds is 3. The fourth-order valence-electron chi connectivity index (χ4n) is 1.59. The Hall–Kier alpha value is -1.77. The molecule has 2 aromatic carbocycles. The van der Waals surface area contributed by atoms with Gasteiger partial charge in [0.25, 0.3) is 0 Å². The molecular formula is C12H12O3. The highest BCUT2D eigenvalue weighted by Gasteiger charge is 2.22. The molecule has 0 atom stereocenters. The van der Waals surface area contributed by atoms with Crippen molar-refractivity contribution in [3.05, 3.63) is 34.0 Å². The molecule has 0 aliphatic carbocycles. The molecule has 3 heteroatoms. The van der Waals surface area contributed by atoms with E-state index < -0.39 is 0 Å². The number of methoxy groups -OCH3 is 2. The molecule has 0 spiro atoms. The van der Waals surface area contributed by atoms with Crippen LogP contribution in [-0.4, -0.2) is 14.2 Å². The normalized spacial score (nSPS) is 10.6. The number of benzene rings is 1. The van der Waals surface area contributed by atoms with Gasteiger partial charge in [0.05, 0.1) is 14.2 Å². The van der Waals surface area contributed by atoms with E-state index in [-0.39, 0.29) is 5.43 Å². The Bertz CT molecular complexity index is 505. The SMILES string of the molecule is COc1ccc(OC)c(-c2c(C)c2=O)c1. The van der Waals surface area contributed by atoms with Crippen LogP contribution in [-0.2, 0) is 0 Å². The van der Waals surface area contributed by atoms with Gasteiger partial charge in [-0.1, -0.05) is 0 Å². The summed E-state index contributed by atoms with van der Waals surface area (Å²) in [4.78, 5) is 11.3. The fraction of sp³-hybridized carbons (Fsp3) is 0.250. The summed E-state index contributed by atoms with van der Waals surface area (Å²) in [5.74, 6) is 1.43. The number of hydrogen-bond acceptors (Lipinski definition) is 3. The molecule has 0 bridgehead atoms. The Kier molecular flexibility index (Phi) is 2.23. The quantitative estimate of drug-likeness (QED) is 0.766. The maximum absolute atomic E-state index is 11.3. The Labute approximate surface area is 87.9 Å². The van der Waals surface area contributed by atoms with Crippen LogP contribution in [0, 0.1) is 6.92 Å². The summed E-state index contributed by atoms with van der Waals surface area (Å²) in [6, 6.07) is 5.44. The molecule has 0 radical (unpaired) electrons. The first kappa shape index (κ1) is 9.77. The summed E-state index contributed by atoms with van der Waals surface area (Å²) in [5.41, 5.74) is 2.49. The summed E-state index contributed by atoms with van der Waals surface area (Å²) >= 11 is 0. The van der Waals surface area contributed by atoms with Crippen molar-refractivity contribution in [2.75, 3.05) is 14.2 Å². The van der Waals surface area contributed by atoms with Gasteiger partial charge in [0.15, 0.2) is 5.43 Å². The summed E-state index contributed by atoms with van der Waals surface area (Å²) in [7, 11) is 3.19. The highest BCUT2D eigenvalue weighted by Crippen LogP contribution is 2.35. The lowest BCUT2D eigenvalue weighted by molar-refractivity contribution is 0.404. The van der Waals surface area contributed by atoms with Crippen molar-refractivity contribution >= 4 is 0 Å². The molecule has 0 unspecified atom stereocenters. The van der Waals surface area contributed by atoms with Crippen LogP contribution >= 0.6 is 0 Å². The highest BCUT2D eigenvalue weighted by atomic mass is 16.5. The van der Waals surface area contributed by atoms with Crippen LogP contribution in [0.15, 0.2) is 23.0 Å². The van der Waals surface area contributed by atoms with Gasteiger partial charge in [0, 0.05) is 16.7 Å². The van der Waals surface area contributed by atoms with E-state index in [4.69, 9.17) is 9.47 Å². The molecule has 0 heterocycles. The molecule has 0 aromatic heterocycles. The van der Waals surface area contributed by atoms with Crippen molar-refractivity contribution < 1.29 is 9.47 Å². The minimum absolute atomic E-state index is 0.113. The molecule has 0 N–H and O–H groups in total. The van der Waals surface area contributed by atoms with Gasteiger partial charge in [-0.3, -0.25) is 4.79 Å². The molecule has 78 valence electrons. The molecule has 0 saturated heterocycles. The van der Waals surface area contributed by atoms with Crippen molar-refractivity contribution in [1.29, 1.82) is 0 Å². The van der Waals surface area contributed by atoms with E-state index in [2.05, 4.69) is 0 Å².